The number of carboxylic acids is 1. The summed E-state index contributed by atoms with van der Waals surface area (Å²) in [6.07, 6.45) is 0.205. The smallest absolute Gasteiger partial charge is 0.434 e. The number of carbonyl (C=O) groups is 2. The second kappa shape index (κ2) is 7.64. The number of ether oxygens (including phenoxy) is 1. The van der Waals surface area contributed by atoms with Crippen LogP contribution in [0.25, 0.3) is 0 Å². The van der Waals surface area contributed by atoms with E-state index in [0.717, 1.165) is 0 Å². The molecule has 2 heterocycles. The lowest BCUT2D eigenvalue weighted by molar-refractivity contribution is -0.255. The van der Waals surface area contributed by atoms with Crippen LogP contribution < -0.4 is 31.3 Å². The summed E-state index contributed by atoms with van der Waals surface area (Å²) in [5.41, 5.74) is 10.7. The highest BCUT2D eigenvalue weighted by molar-refractivity contribution is 6.62. The van der Waals surface area contributed by atoms with Gasteiger partial charge in [0.05, 0.1) is 17.3 Å². The molecule has 7 N–H and O–H groups in total. The number of fused-ring (bicyclic) bond motifs is 3. The molecule has 0 bridgehead atoms. The highest BCUT2D eigenvalue weighted by Gasteiger charge is 2.55. The average molecular weight is 434 g/mol. The normalized spacial score (nSPS) is 25.8. The summed E-state index contributed by atoms with van der Waals surface area (Å²) in [7, 11) is 0. The van der Waals surface area contributed by atoms with Gasteiger partial charge in [0.15, 0.2) is 0 Å². The second-order valence-corrected chi connectivity index (χ2v) is 8.92. The molecule has 0 unspecified atom stereocenters. The van der Waals surface area contributed by atoms with Gasteiger partial charge < -0.3 is 46.1 Å². The van der Waals surface area contributed by atoms with Crippen LogP contribution in [0.1, 0.15) is 35.2 Å². The predicted molar refractivity (Wildman–Crippen MR) is 108 cm³/mol. The molecule has 2 aliphatic heterocycles. The SMILES string of the molecule is C[C@@](N)(CN1CC(Oc2ccc3c(c2C(=O)[O-])O[B-](O)(O)[C@@H]2C[C@H]32)C1)C(=O)NCCN. The zero-order chi connectivity index (χ0) is 22.6. The van der Waals surface area contributed by atoms with Crippen molar-refractivity contribution in [2.45, 2.75) is 36.7 Å². The second-order valence-electron chi connectivity index (χ2n) is 8.92. The Labute approximate surface area is 179 Å². The van der Waals surface area contributed by atoms with Gasteiger partial charge in [0.1, 0.15) is 17.4 Å². The van der Waals surface area contributed by atoms with E-state index in [1.54, 1.807) is 19.1 Å². The summed E-state index contributed by atoms with van der Waals surface area (Å²) in [5.74, 6) is -2.42. The lowest BCUT2D eigenvalue weighted by atomic mass is 9.68. The van der Waals surface area contributed by atoms with E-state index < -0.39 is 24.1 Å². The molecule has 1 aromatic carbocycles. The standard InChI is InChI=1S/C19H28BN4O7/c1-19(22,18(27)23-5-4-21)9-24-7-10(8-24)30-14-3-2-11-12-6-13(12)20(28,29)31-16(11)15(14)17(25)26/h2-3,10,12-13,28-29H,4-9,21-22H2,1H3,(H,23,27)(H,25,26)/q-1/p-1/t12-,13-,19-/m1/s1. The van der Waals surface area contributed by atoms with E-state index in [1.807, 2.05) is 4.90 Å². The lowest BCUT2D eigenvalue weighted by Gasteiger charge is -2.43. The van der Waals surface area contributed by atoms with E-state index in [0.29, 0.717) is 44.7 Å². The number of hydrogen-bond acceptors (Lipinski definition) is 10. The number of benzene rings is 1. The quantitative estimate of drug-likeness (QED) is 0.266. The average Bonchev–Trinajstić information content (AvgIpc) is 3.45. The summed E-state index contributed by atoms with van der Waals surface area (Å²) >= 11 is 0. The zero-order valence-electron chi connectivity index (χ0n) is 17.2. The molecule has 3 aliphatic rings. The number of rotatable bonds is 8. The fraction of sp³-hybridized carbons (Fsp3) is 0.579. The van der Waals surface area contributed by atoms with Gasteiger partial charge in [-0.1, -0.05) is 18.3 Å². The van der Waals surface area contributed by atoms with E-state index in [9.17, 15) is 24.7 Å². The Morgan fingerprint density at radius 1 is 1.42 bits per heavy atom. The van der Waals surface area contributed by atoms with Crippen molar-refractivity contribution in [3.05, 3.63) is 23.3 Å². The molecular formula is C19H27BN4O7-2. The summed E-state index contributed by atoms with van der Waals surface area (Å²) < 4.78 is 11.1. The van der Waals surface area contributed by atoms with E-state index >= 15 is 0 Å². The van der Waals surface area contributed by atoms with Gasteiger partial charge in [-0.25, -0.2) is 0 Å². The number of carbonyl (C=O) groups excluding carboxylic acids is 2. The number of hydrogen-bond donors (Lipinski definition) is 5. The summed E-state index contributed by atoms with van der Waals surface area (Å²) in [6.45, 7) is 0.365. The van der Waals surface area contributed by atoms with Crippen LogP contribution in [0.4, 0.5) is 0 Å². The van der Waals surface area contributed by atoms with Crippen molar-refractivity contribution < 1.29 is 34.1 Å². The molecule has 3 atom stereocenters. The Morgan fingerprint density at radius 2 is 2.13 bits per heavy atom. The van der Waals surface area contributed by atoms with Crippen molar-refractivity contribution in [2.75, 3.05) is 32.7 Å². The van der Waals surface area contributed by atoms with Crippen molar-refractivity contribution >= 4 is 18.6 Å². The molecule has 2 fully saturated rings. The van der Waals surface area contributed by atoms with Crippen LogP contribution in [0.15, 0.2) is 12.1 Å². The maximum Gasteiger partial charge on any atom is 0.434 e. The number of amides is 1. The minimum absolute atomic E-state index is 0.0466. The first-order valence-corrected chi connectivity index (χ1v) is 10.4. The molecule has 1 saturated carbocycles. The molecule has 0 spiro atoms. The predicted octanol–water partition coefficient (Wildman–Crippen LogP) is -2.92. The third-order valence-corrected chi connectivity index (χ3v) is 6.16. The largest absolute Gasteiger partial charge is 0.669 e. The van der Waals surface area contributed by atoms with Gasteiger partial charge in [-0.3, -0.25) is 9.69 Å². The summed E-state index contributed by atoms with van der Waals surface area (Å²) in [5, 5.41) is 34.7. The topological polar surface area (TPSA) is 183 Å². The third kappa shape index (κ3) is 4.09. The number of nitrogens with one attached hydrogen (secondary N) is 1. The fourth-order valence-corrected chi connectivity index (χ4v) is 4.43. The van der Waals surface area contributed by atoms with Crippen molar-refractivity contribution in [2.24, 2.45) is 11.5 Å². The monoisotopic (exact) mass is 434 g/mol. The summed E-state index contributed by atoms with van der Waals surface area (Å²) in [4.78, 5) is 25.9. The highest BCUT2D eigenvalue weighted by atomic mass is 16.6. The van der Waals surface area contributed by atoms with Crippen LogP contribution in [0, 0.1) is 0 Å². The van der Waals surface area contributed by atoms with Crippen molar-refractivity contribution in [1.29, 1.82) is 0 Å². The van der Waals surface area contributed by atoms with E-state index in [-0.39, 0.29) is 35.0 Å². The lowest BCUT2D eigenvalue weighted by Crippen LogP contribution is -2.64. The van der Waals surface area contributed by atoms with Gasteiger partial charge in [0, 0.05) is 32.7 Å². The van der Waals surface area contributed by atoms with Crippen molar-refractivity contribution in [1.82, 2.24) is 10.2 Å². The van der Waals surface area contributed by atoms with Gasteiger partial charge in [-0.15, -0.1) is 0 Å². The Morgan fingerprint density at radius 3 is 2.77 bits per heavy atom. The van der Waals surface area contributed by atoms with Gasteiger partial charge in [0.25, 0.3) is 0 Å². The van der Waals surface area contributed by atoms with Crippen LogP contribution >= 0.6 is 0 Å². The Balaban J connectivity index is 1.41. The van der Waals surface area contributed by atoms with Gasteiger partial charge in [-0.05, 0) is 24.5 Å². The maximum atomic E-state index is 12.1. The molecule has 170 valence electrons. The first-order chi connectivity index (χ1) is 14.5. The highest BCUT2D eigenvalue weighted by Crippen LogP contribution is 2.63. The first-order valence-electron chi connectivity index (χ1n) is 10.4. The summed E-state index contributed by atoms with van der Waals surface area (Å²) in [6, 6.07) is 3.25. The zero-order valence-corrected chi connectivity index (χ0v) is 17.2. The van der Waals surface area contributed by atoms with Gasteiger partial charge in [0.2, 0.25) is 5.91 Å². The van der Waals surface area contributed by atoms with E-state index in [1.165, 1.54) is 0 Å². The van der Waals surface area contributed by atoms with Crippen molar-refractivity contribution in [3.8, 4) is 11.5 Å². The van der Waals surface area contributed by atoms with Crippen molar-refractivity contribution in [3.63, 3.8) is 0 Å². The maximum absolute atomic E-state index is 12.1. The third-order valence-electron chi connectivity index (χ3n) is 6.16. The van der Waals surface area contributed by atoms with E-state index in [2.05, 4.69) is 5.32 Å². The molecule has 1 aliphatic carbocycles. The number of nitrogens with two attached hydrogens (primary N) is 2. The molecule has 4 rings (SSSR count). The molecule has 1 amide bonds. The molecule has 0 radical (unpaired) electrons. The van der Waals surface area contributed by atoms with Crippen LogP contribution in [0.3, 0.4) is 0 Å². The Hall–Kier alpha value is -2.38. The fourth-order valence-electron chi connectivity index (χ4n) is 4.43. The molecular weight excluding hydrogens is 407 g/mol. The first kappa shape index (κ1) is 21.8. The Kier molecular flexibility index (Phi) is 5.38. The Bertz CT molecular complexity index is 903. The number of likely N-dealkylation sites (tertiary alicyclic amines) is 1. The van der Waals surface area contributed by atoms with Crippen LogP contribution in [0.2, 0.25) is 5.82 Å². The minimum atomic E-state index is -3.12. The number of nitrogens with zero attached hydrogens (tertiary/aromatic N) is 1. The van der Waals surface area contributed by atoms with E-state index in [4.69, 9.17) is 20.9 Å². The van der Waals surface area contributed by atoms with Gasteiger partial charge in [-0.2, -0.15) is 0 Å². The molecule has 11 nitrogen and oxygen atoms in total. The molecule has 0 aromatic heterocycles. The molecule has 12 heteroatoms. The number of aromatic carboxylic acids is 1. The van der Waals surface area contributed by atoms with Gasteiger partial charge >= 0.3 is 6.75 Å². The minimum Gasteiger partial charge on any atom is -0.669 e. The number of carboxylic acid groups (broad SMARTS) is 1. The van der Waals surface area contributed by atoms with Crippen LogP contribution in [0.5, 0.6) is 11.5 Å². The molecule has 1 aromatic rings. The van der Waals surface area contributed by atoms with Crippen LogP contribution in [-0.2, 0) is 4.79 Å². The molecule has 1 saturated heterocycles. The molecule has 31 heavy (non-hydrogen) atoms. The van der Waals surface area contributed by atoms with Crippen LogP contribution in [-0.4, -0.2) is 77.9 Å².